The topological polar surface area (TPSA) is 61.0 Å². The standard InChI is InChI=1S/C13H15N3O/c1-3-17-13-7-6-12(15-16-13)10-5-4-9(2)11(14)8-10/h4-8H,3,14H2,1-2H3. The molecule has 1 heterocycles. The smallest absolute Gasteiger partial charge is 0.233 e. The van der Waals surface area contributed by atoms with E-state index in [2.05, 4.69) is 10.2 Å². The highest BCUT2D eigenvalue weighted by atomic mass is 16.5. The summed E-state index contributed by atoms with van der Waals surface area (Å²) in [6, 6.07) is 9.54. The molecule has 0 fully saturated rings. The number of rotatable bonds is 3. The highest BCUT2D eigenvalue weighted by Gasteiger charge is 2.03. The van der Waals surface area contributed by atoms with E-state index in [0.717, 1.165) is 22.5 Å². The quantitative estimate of drug-likeness (QED) is 0.821. The number of hydrogen-bond acceptors (Lipinski definition) is 4. The third-order valence-corrected chi connectivity index (χ3v) is 2.51. The van der Waals surface area contributed by atoms with Gasteiger partial charge in [-0.25, -0.2) is 0 Å². The van der Waals surface area contributed by atoms with Crippen LogP contribution in [0.15, 0.2) is 30.3 Å². The van der Waals surface area contributed by atoms with Crippen LogP contribution in [0.1, 0.15) is 12.5 Å². The Morgan fingerprint density at radius 3 is 2.59 bits per heavy atom. The summed E-state index contributed by atoms with van der Waals surface area (Å²) < 4.78 is 5.24. The number of benzene rings is 1. The van der Waals surface area contributed by atoms with Crippen LogP contribution in [-0.2, 0) is 0 Å². The summed E-state index contributed by atoms with van der Waals surface area (Å²) in [5.41, 5.74) is 9.44. The van der Waals surface area contributed by atoms with Crippen molar-refractivity contribution in [3.63, 3.8) is 0 Å². The minimum absolute atomic E-state index is 0.538. The lowest BCUT2D eigenvalue weighted by Gasteiger charge is -2.05. The van der Waals surface area contributed by atoms with Gasteiger partial charge < -0.3 is 10.5 Å². The first kappa shape index (κ1) is 11.4. The summed E-state index contributed by atoms with van der Waals surface area (Å²) in [6.07, 6.45) is 0. The predicted octanol–water partition coefficient (Wildman–Crippen LogP) is 2.43. The number of ether oxygens (including phenoxy) is 1. The van der Waals surface area contributed by atoms with Gasteiger partial charge in [-0.15, -0.1) is 10.2 Å². The third-order valence-electron chi connectivity index (χ3n) is 2.51. The Kier molecular flexibility index (Phi) is 3.23. The average molecular weight is 229 g/mol. The maximum Gasteiger partial charge on any atom is 0.233 e. The summed E-state index contributed by atoms with van der Waals surface area (Å²) in [5.74, 6) is 0.538. The summed E-state index contributed by atoms with van der Waals surface area (Å²) in [5, 5.41) is 8.09. The fourth-order valence-electron chi connectivity index (χ4n) is 1.50. The molecule has 0 unspecified atom stereocenters. The number of nitrogens with zero attached hydrogens (tertiary/aromatic N) is 2. The van der Waals surface area contributed by atoms with Gasteiger partial charge in [0.1, 0.15) is 0 Å². The van der Waals surface area contributed by atoms with Crippen LogP contribution in [0.2, 0.25) is 0 Å². The Morgan fingerprint density at radius 1 is 1.18 bits per heavy atom. The van der Waals surface area contributed by atoms with Crippen molar-refractivity contribution in [2.45, 2.75) is 13.8 Å². The van der Waals surface area contributed by atoms with Crippen LogP contribution in [0, 0.1) is 6.92 Å². The van der Waals surface area contributed by atoms with Crippen LogP contribution in [0.4, 0.5) is 5.69 Å². The zero-order chi connectivity index (χ0) is 12.3. The fraction of sp³-hybridized carbons (Fsp3) is 0.231. The first-order chi connectivity index (χ1) is 8.20. The summed E-state index contributed by atoms with van der Waals surface area (Å²) in [4.78, 5) is 0. The molecule has 0 atom stereocenters. The van der Waals surface area contributed by atoms with Crippen molar-refractivity contribution in [3.8, 4) is 17.1 Å². The first-order valence-electron chi connectivity index (χ1n) is 5.53. The first-order valence-corrected chi connectivity index (χ1v) is 5.53. The second-order valence-corrected chi connectivity index (χ2v) is 3.76. The molecule has 0 spiro atoms. The number of aryl methyl sites for hydroxylation is 1. The molecule has 4 nitrogen and oxygen atoms in total. The van der Waals surface area contributed by atoms with Crippen molar-refractivity contribution >= 4 is 5.69 Å². The van der Waals surface area contributed by atoms with E-state index in [1.807, 2.05) is 44.2 Å². The molecule has 17 heavy (non-hydrogen) atoms. The Balaban J connectivity index is 2.30. The second-order valence-electron chi connectivity index (χ2n) is 3.76. The zero-order valence-electron chi connectivity index (χ0n) is 9.97. The lowest BCUT2D eigenvalue weighted by molar-refractivity contribution is 0.323. The maximum atomic E-state index is 5.86. The fourth-order valence-corrected chi connectivity index (χ4v) is 1.50. The minimum Gasteiger partial charge on any atom is -0.477 e. The number of nitrogens with two attached hydrogens (primary N) is 1. The Bertz CT molecular complexity index is 509. The molecule has 0 amide bonds. The van der Waals surface area contributed by atoms with Crippen molar-refractivity contribution in [2.75, 3.05) is 12.3 Å². The number of aromatic nitrogens is 2. The lowest BCUT2D eigenvalue weighted by Crippen LogP contribution is -1.97. The van der Waals surface area contributed by atoms with Crippen molar-refractivity contribution in [1.29, 1.82) is 0 Å². The summed E-state index contributed by atoms with van der Waals surface area (Å²) in [7, 11) is 0. The molecule has 4 heteroatoms. The monoisotopic (exact) mass is 229 g/mol. The van der Waals surface area contributed by atoms with Crippen molar-refractivity contribution in [1.82, 2.24) is 10.2 Å². The molecule has 1 aromatic carbocycles. The molecule has 0 saturated carbocycles. The van der Waals surface area contributed by atoms with Gasteiger partial charge in [-0.05, 0) is 31.5 Å². The van der Waals surface area contributed by atoms with E-state index in [4.69, 9.17) is 10.5 Å². The molecule has 0 radical (unpaired) electrons. The second kappa shape index (κ2) is 4.82. The van der Waals surface area contributed by atoms with Crippen LogP contribution in [-0.4, -0.2) is 16.8 Å². The molecular formula is C13H15N3O. The van der Waals surface area contributed by atoms with Crippen molar-refractivity contribution < 1.29 is 4.74 Å². The third kappa shape index (κ3) is 2.53. The SMILES string of the molecule is CCOc1ccc(-c2ccc(C)c(N)c2)nn1. The molecule has 2 aromatic rings. The number of hydrogen-bond donors (Lipinski definition) is 1. The van der Waals surface area contributed by atoms with Gasteiger partial charge in [-0.3, -0.25) is 0 Å². The Labute approximate surface area is 100 Å². The van der Waals surface area contributed by atoms with Gasteiger partial charge in [0.25, 0.3) is 0 Å². The number of nitrogen functional groups attached to an aromatic ring is 1. The van der Waals surface area contributed by atoms with E-state index in [1.54, 1.807) is 0 Å². The molecule has 1 aromatic heterocycles. The van der Waals surface area contributed by atoms with Crippen LogP contribution in [0.3, 0.4) is 0 Å². The molecule has 0 bridgehead atoms. The number of anilines is 1. The highest BCUT2D eigenvalue weighted by Crippen LogP contribution is 2.22. The molecule has 0 aliphatic rings. The van der Waals surface area contributed by atoms with Crippen molar-refractivity contribution in [3.05, 3.63) is 35.9 Å². The van der Waals surface area contributed by atoms with E-state index in [1.165, 1.54) is 0 Å². The van der Waals surface area contributed by atoms with E-state index < -0.39 is 0 Å². The van der Waals surface area contributed by atoms with E-state index in [9.17, 15) is 0 Å². The van der Waals surface area contributed by atoms with Crippen LogP contribution >= 0.6 is 0 Å². The summed E-state index contributed by atoms with van der Waals surface area (Å²) >= 11 is 0. The molecule has 0 aliphatic heterocycles. The minimum atomic E-state index is 0.538. The van der Waals surface area contributed by atoms with Crippen LogP contribution in [0.5, 0.6) is 5.88 Å². The molecule has 88 valence electrons. The van der Waals surface area contributed by atoms with Gasteiger partial charge in [0.05, 0.1) is 12.3 Å². The van der Waals surface area contributed by atoms with E-state index in [0.29, 0.717) is 12.5 Å². The van der Waals surface area contributed by atoms with Gasteiger partial charge in [0.2, 0.25) is 5.88 Å². The largest absolute Gasteiger partial charge is 0.477 e. The maximum absolute atomic E-state index is 5.86. The molecular weight excluding hydrogens is 214 g/mol. The average Bonchev–Trinajstić information content (AvgIpc) is 2.34. The molecule has 0 saturated heterocycles. The molecule has 2 N–H and O–H groups in total. The Morgan fingerprint density at radius 2 is 2.00 bits per heavy atom. The normalized spacial score (nSPS) is 10.2. The zero-order valence-corrected chi connectivity index (χ0v) is 9.97. The highest BCUT2D eigenvalue weighted by molar-refractivity contribution is 5.65. The molecule has 0 aliphatic carbocycles. The predicted molar refractivity (Wildman–Crippen MR) is 67.8 cm³/mol. The Hall–Kier alpha value is -2.10. The van der Waals surface area contributed by atoms with Crippen LogP contribution in [0.25, 0.3) is 11.3 Å². The van der Waals surface area contributed by atoms with Gasteiger partial charge in [0.15, 0.2) is 0 Å². The van der Waals surface area contributed by atoms with E-state index >= 15 is 0 Å². The van der Waals surface area contributed by atoms with Gasteiger partial charge in [-0.2, -0.15) is 0 Å². The van der Waals surface area contributed by atoms with Crippen LogP contribution < -0.4 is 10.5 Å². The molecule has 2 rings (SSSR count). The van der Waals surface area contributed by atoms with E-state index in [-0.39, 0.29) is 0 Å². The van der Waals surface area contributed by atoms with Gasteiger partial charge in [0, 0.05) is 17.3 Å². The van der Waals surface area contributed by atoms with Crippen molar-refractivity contribution in [2.24, 2.45) is 0 Å². The van der Waals surface area contributed by atoms with Gasteiger partial charge >= 0.3 is 0 Å². The van der Waals surface area contributed by atoms with Gasteiger partial charge in [-0.1, -0.05) is 12.1 Å². The summed E-state index contributed by atoms with van der Waals surface area (Å²) in [6.45, 7) is 4.48. The lowest BCUT2D eigenvalue weighted by atomic mass is 10.1.